The number of nitrogens with one attached hydrogen (secondary N) is 1. The molecule has 0 amide bonds. The second-order valence-corrected chi connectivity index (χ2v) is 6.16. The molecule has 1 aromatic rings. The summed E-state index contributed by atoms with van der Waals surface area (Å²) in [6.07, 6.45) is 3.89. The highest BCUT2D eigenvalue weighted by molar-refractivity contribution is 5.69. The van der Waals surface area contributed by atoms with Gasteiger partial charge in [-0.15, -0.1) is 0 Å². The Morgan fingerprint density at radius 2 is 1.94 bits per heavy atom. The summed E-state index contributed by atoms with van der Waals surface area (Å²) < 4.78 is 0. The van der Waals surface area contributed by atoms with Crippen molar-refractivity contribution in [2.45, 2.75) is 39.2 Å². The van der Waals surface area contributed by atoms with Crippen LogP contribution in [-0.4, -0.2) is 20.1 Å². The largest absolute Gasteiger partial charge is 0.381 e. The minimum atomic E-state index is 0.505. The lowest BCUT2D eigenvalue weighted by atomic mass is 9.92. The van der Waals surface area contributed by atoms with Crippen LogP contribution in [-0.2, 0) is 0 Å². The molecule has 1 aromatic carbocycles. The maximum absolute atomic E-state index is 3.70. The molecule has 2 rings (SSSR count). The van der Waals surface area contributed by atoms with Gasteiger partial charge in [0.25, 0.3) is 0 Å². The van der Waals surface area contributed by atoms with E-state index in [-0.39, 0.29) is 0 Å². The number of nitrogens with zero attached hydrogens (tertiary/aromatic N) is 1. The smallest absolute Gasteiger partial charge is 0.0596 e. The van der Waals surface area contributed by atoms with Crippen molar-refractivity contribution < 1.29 is 0 Å². The molecule has 17 heavy (non-hydrogen) atoms. The van der Waals surface area contributed by atoms with Crippen molar-refractivity contribution in [3.05, 3.63) is 24.3 Å². The Hall–Kier alpha value is -1.18. The van der Waals surface area contributed by atoms with Gasteiger partial charge in [0.2, 0.25) is 0 Å². The Kier molecular flexibility index (Phi) is 3.32. The maximum atomic E-state index is 3.70. The van der Waals surface area contributed by atoms with Crippen LogP contribution in [0.2, 0.25) is 0 Å². The van der Waals surface area contributed by atoms with Crippen LogP contribution in [0.1, 0.15) is 33.1 Å². The average Bonchev–Trinajstić information content (AvgIpc) is 2.58. The second-order valence-electron chi connectivity index (χ2n) is 6.16. The Bertz CT molecular complexity index is 382. The van der Waals surface area contributed by atoms with Gasteiger partial charge in [0, 0.05) is 20.1 Å². The minimum absolute atomic E-state index is 0.505. The molecule has 2 heteroatoms. The van der Waals surface area contributed by atoms with Crippen molar-refractivity contribution in [2.24, 2.45) is 5.41 Å². The molecule has 0 spiro atoms. The standard InChI is InChI=1S/C15H24N2/c1-15(2)10-9-12(11-15)16-13-7-5-6-8-14(13)17(3)4/h5-8,12,16H,9-11H2,1-4H3. The van der Waals surface area contributed by atoms with Gasteiger partial charge in [-0.25, -0.2) is 0 Å². The lowest BCUT2D eigenvalue weighted by Gasteiger charge is -2.22. The highest BCUT2D eigenvalue weighted by Gasteiger charge is 2.30. The quantitative estimate of drug-likeness (QED) is 0.854. The molecule has 0 radical (unpaired) electrons. The molecule has 1 unspecified atom stereocenters. The molecule has 1 aliphatic rings. The van der Waals surface area contributed by atoms with Crippen molar-refractivity contribution in [1.82, 2.24) is 0 Å². The third-order valence-electron chi connectivity index (χ3n) is 3.71. The van der Waals surface area contributed by atoms with Gasteiger partial charge in [-0.1, -0.05) is 26.0 Å². The minimum Gasteiger partial charge on any atom is -0.381 e. The van der Waals surface area contributed by atoms with Gasteiger partial charge in [-0.05, 0) is 36.8 Å². The summed E-state index contributed by atoms with van der Waals surface area (Å²) in [6, 6.07) is 9.18. The van der Waals surface area contributed by atoms with E-state index in [2.05, 4.69) is 62.4 Å². The van der Waals surface area contributed by atoms with Crippen molar-refractivity contribution in [3.63, 3.8) is 0 Å². The summed E-state index contributed by atoms with van der Waals surface area (Å²) in [7, 11) is 4.19. The first-order valence-electron chi connectivity index (χ1n) is 6.51. The normalized spacial score (nSPS) is 22.5. The Labute approximate surface area is 105 Å². The van der Waals surface area contributed by atoms with Crippen LogP contribution in [0, 0.1) is 5.41 Å². The van der Waals surface area contributed by atoms with Crippen LogP contribution in [0.25, 0.3) is 0 Å². The molecule has 1 saturated carbocycles. The molecule has 0 aromatic heterocycles. The highest BCUT2D eigenvalue weighted by atomic mass is 15.1. The molecule has 2 nitrogen and oxygen atoms in total. The summed E-state index contributed by atoms with van der Waals surface area (Å²) >= 11 is 0. The second kappa shape index (κ2) is 4.59. The summed E-state index contributed by atoms with van der Waals surface area (Å²) in [5.74, 6) is 0. The number of hydrogen-bond acceptors (Lipinski definition) is 2. The van der Waals surface area contributed by atoms with Gasteiger partial charge >= 0.3 is 0 Å². The summed E-state index contributed by atoms with van der Waals surface area (Å²) in [5.41, 5.74) is 3.04. The van der Waals surface area contributed by atoms with E-state index >= 15 is 0 Å². The SMILES string of the molecule is CN(C)c1ccccc1NC1CCC(C)(C)C1. The lowest BCUT2D eigenvalue weighted by molar-refractivity contribution is 0.378. The van der Waals surface area contributed by atoms with Gasteiger partial charge in [0.15, 0.2) is 0 Å². The third kappa shape index (κ3) is 2.93. The molecule has 1 aliphatic carbocycles. The van der Waals surface area contributed by atoms with E-state index in [1.54, 1.807) is 0 Å². The van der Waals surface area contributed by atoms with Crippen LogP contribution < -0.4 is 10.2 Å². The van der Waals surface area contributed by atoms with Crippen LogP contribution in [0.4, 0.5) is 11.4 Å². The van der Waals surface area contributed by atoms with E-state index in [0.717, 1.165) is 0 Å². The fourth-order valence-corrected chi connectivity index (χ4v) is 2.76. The van der Waals surface area contributed by atoms with Crippen molar-refractivity contribution in [3.8, 4) is 0 Å². The van der Waals surface area contributed by atoms with Crippen LogP contribution in [0.5, 0.6) is 0 Å². The van der Waals surface area contributed by atoms with E-state index in [9.17, 15) is 0 Å². The summed E-state index contributed by atoms with van der Waals surface area (Å²) in [5, 5.41) is 3.70. The van der Waals surface area contributed by atoms with E-state index in [0.29, 0.717) is 11.5 Å². The molecule has 1 N–H and O–H groups in total. The molecule has 0 bridgehead atoms. The number of benzene rings is 1. The first-order chi connectivity index (χ1) is 7.98. The zero-order valence-electron chi connectivity index (χ0n) is 11.5. The van der Waals surface area contributed by atoms with Gasteiger partial charge in [0.1, 0.15) is 0 Å². The van der Waals surface area contributed by atoms with Crippen molar-refractivity contribution >= 4 is 11.4 Å². The number of rotatable bonds is 3. The van der Waals surface area contributed by atoms with Gasteiger partial charge in [-0.2, -0.15) is 0 Å². The Morgan fingerprint density at radius 1 is 1.24 bits per heavy atom. The molecule has 0 aliphatic heterocycles. The average molecular weight is 232 g/mol. The van der Waals surface area contributed by atoms with E-state index in [4.69, 9.17) is 0 Å². The van der Waals surface area contributed by atoms with Gasteiger partial charge < -0.3 is 10.2 Å². The fraction of sp³-hybridized carbons (Fsp3) is 0.600. The number of anilines is 2. The van der Waals surface area contributed by atoms with Crippen LogP contribution in [0.15, 0.2) is 24.3 Å². The molecule has 0 saturated heterocycles. The first-order valence-corrected chi connectivity index (χ1v) is 6.51. The van der Waals surface area contributed by atoms with E-state index in [1.165, 1.54) is 30.6 Å². The first kappa shape index (κ1) is 12.3. The van der Waals surface area contributed by atoms with Gasteiger partial charge in [0.05, 0.1) is 11.4 Å². The predicted molar refractivity (Wildman–Crippen MR) is 75.8 cm³/mol. The molecular weight excluding hydrogens is 208 g/mol. The van der Waals surface area contributed by atoms with Crippen LogP contribution >= 0.6 is 0 Å². The zero-order chi connectivity index (χ0) is 12.5. The monoisotopic (exact) mass is 232 g/mol. The molecule has 1 fully saturated rings. The van der Waals surface area contributed by atoms with Crippen molar-refractivity contribution in [2.75, 3.05) is 24.3 Å². The summed E-state index contributed by atoms with van der Waals surface area (Å²) in [6.45, 7) is 4.74. The maximum Gasteiger partial charge on any atom is 0.0596 e. The highest BCUT2D eigenvalue weighted by Crippen LogP contribution is 2.39. The zero-order valence-corrected chi connectivity index (χ0v) is 11.5. The van der Waals surface area contributed by atoms with E-state index in [1.807, 2.05) is 0 Å². The van der Waals surface area contributed by atoms with Gasteiger partial charge in [-0.3, -0.25) is 0 Å². The van der Waals surface area contributed by atoms with Crippen LogP contribution in [0.3, 0.4) is 0 Å². The number of para-hydroxylation sites is 2. The Balaban J connectivity index is 2.09. The molecule has 1 atom stereocenters. The lowest BCUT2D eigenvalue weighted by Crippen LogP contribution is -2.20. The predicted octanol–water partition coefficient (Wildman–Crippen LogP) is 3.74. The molecule has 94 valence electrons. The Morgan fingerprint density at radius 3 is 2.53 bits per heavy atom. The topological polar surface area (TPSA) is 15.3 Å². The molecular formula is C15H24N2. The fourth-order valence-electron chi connectivity index (χ4n) is 2.76. The molecule has 0 heterocycles. The van der Waals surface area contributed by atoms with Crippen molar-refractivity contribution in [1.29, 1.82) is 0 Å². The summed E-state index contributed by atoms with van der Waals surface area (Å²) in [4.78, 5) is 2.17. The number of hydrogen-bond donors (Lipinski definition) is 1. The third-order valence-corrected chi connectivity index (χ3v) is 3.71. The van der Waals surface area contributed by atoms with E-state index < -0.39 is 0 Å².